The maximum atomic E-state index is 13.2. The summed E-state index contributed by atoms with van der Waals surface area (Å²) in [7, 11) is 1.88. The minimum atomic E-state index is -0.217. The third kappa shape index (κ3) is 4.50. The zero-order valence-corrected chi connectivity index (χ0v) is 18.1. The zero-order valence-electron chi connectivity index (χ0n) is 18.1. The van der Waals surface area contributed by atoms with Crippen molar-refractivity contribution in [2.75, 3.05) is 20.2 Å². The Labute approximate surface area is 181 Å². The van der Waals surface area contributed by atoms with Crippen LogP contribution in [0.5, 0.6) is 11.5 Å². The summed E-state index contributed by atoms with van der Waals surface area (Å²) in [6.45, 7) is 6.57. The summed E-state index contributed by atoms with van der Waals surface area (Å²) in [6.07, 6.45) is 0.0696. The van der Waals surface area contributed by atoms with Crippen LogP contribution in [0, 0.1) is 0 Å². The summed E-state index contributed by atoms with van der Waals surface area (Å²) < 4.78 is 11.4. The van der Waals surface area contributed by atoms with E-state index >= 15 is 0 Å². The molecule has 0 aliphatic carbocycles. The molecule has 0 saturated heterocycles. The maximum Gasteiger partial charge on any atom is 0.258 e. The van der Waals surface area contributed by atoms with Crippen molar-refractivity contribution in [1.29, 1.82) is 0 Å². The Bertz CT molecular complexity index is 1090. The van der Waals surface area contributed by atoms with Gasteiger partial charge in [-0.25, -0.2) is 0 Å². The van der Waals surface area contributed by atoms with Gasteiger partial charge in [0.15, 0.2) is 0 Å². The van der Waals surface area contributed by atoms with Gasteiger partial charge in [0.25, 0.3) is 5.91 Å². The van der Waals surface area contributed by atoms with Crippen LogP contribution in [0.2, 0.25) is 0 Å². The molecule has 8 heteroatoms. The Hall–Kier alpha value is -3.10. The predicted molar refractivity (Wildman–Crippen MR) is 117 cm³/mol. The molecule has 0 fully saturated rings. The van der Waals surface area contributed by atoms with E-state index in [1.807, 2.05) is 39.1 Å². The molecule has 3 N–H and O–H groups in total. The first-order valence-electron chi connectivity index (χ1n) is 10.5. The second kappa shape index (κ2) is 8.95. The standard InChI is InChI=1S/C23H28N4O4/c1-14(2)31-13-21-18-9-19(22(28)10-20(18)25-26-21)23(29)27-11-15-4-5-17(8-16(15)12-27)30-7-6-24-3/h4-5,8-10,14,24,28H,6-7,11-13H2,1-3H3,(H,25,26). The number of amides is 1. The number of fused-ring (bicyclic) bond motifs is 2. The van der Waals surface area contributed by atoms with Crippen molar-refractivity contribution in [3.05, 3.63) is 52.7 Å². The Morgan fingerprint density at radius 1 is 1.26 bits per heavy atom. The molecule has 1 aliphatic rings. The number of rotatable bonds is 8. The van der Waals surface area contributed by atoms with Crippen molar-refractivity contribution in [3.63, 3.8) is 0 Å². The number of H-pyrrole nitrogens is 1. The van der Waals surface area contributed by atoms with E-state index in [0.717, 1.165) is 28.8 Å². The quantitative estimate of drug-likeness (QED) is 0.481. The van der Waals surface area contributed by atoms with E-state index in [2.05, 4.69) is 15.5 Å². The van der Waals surface area contributed by atoms with Crippen LogP contribution in [0.3, 0.4) is 0 Å². The van der Waals surface area contributed by atoms with Crippen molar-refractivity contribution in [2.24, 2.45) is 0 Å². The Kier molecular flexibility index (Phi) is 6.11. The topological polar surface area (TPSA) is 99.7 Å². The van der Waals surface area contributed by atoms with Gasteiger partial charge in [0.1, 0.15) is 18.1 Å². The number of carbonyl (C=O) groups excluding carboxylic acids is 1. The number of hydrogen-bond acceptors (Lipinski definition) is 6. The number of phenolic OH excluding ortho intramolecular Hbond substituents is 1. The molecule has 1 aromatic heterocycles. The highest BCUT2D eigenvalue weighted by atomic mass is 16.5. The molecule has 31 heavy (non-hydrogen) atoms. The summed E-state index contributed by atoms with van der Waals surface area (Å²) in [5, 5.41) is 21.5. The van der Waals surface area contributed by atoms with Crippen LogP contribution >= 0.6 is 0 Å². The molecule has 164 valence electrons. The molecule has 2 heterocycles. The van der Waals surface area contributed by atoms with Crippen LogP contribution in [-0.4, -0.2) is 52.4 Å². The first-order valence-corrected chi connectivity index (χ1v) is 10.5. The number of nitrogens with zero attached hydrogens (tertiary/aromatic N) is 2. The summed E-state index contributed by atoms with van der Waals surface area (Å²) in [5.41, 5.74) is 3.79. The van der Waals surface area contributed by atoms with E-state index in [4.69, 9.17) is 9.47 Å². The number of aromatic hydroxyl groups is 1. The SMILES string of the molecule is CNCCOc1ccc2c(c1)CN(C(=O)c1cc3c(COC(C)C)n[nH]c3cc1O)C2. The third-order valence-corrected chi connectivity index (χ3v) is 5.35. The number of aromatic nitrogens is 2. The minimum Gasteiger partial charge on any atom is -0.507 e. The van der Waals surface area contributed by atoms with E-state index in [1.54, 1.807) is 17.0 Å². The Morgan fingerprint density at radius 3 is 2.84 bits per heavy atom. The number of benzene rings is 2. The first-order chi connectivity index (χ1) is 15.0. The number of nitrogens with one attached hydrogen (secondary N) is 2. The number of ether oxygens (including phenoxy) is 2. The van der Waals surface area contributed by atoms with Gasteiger partial charge in [-0.3, -0.25) is 9.89 Å². The van der Waals surface area contributed by atoms with Gasteiger partial charge in [-0.1, -0.05) is 6.07 Å². The van der Waals surface area contributed by atoms with Crippen LogP contribution < -0.4 is 10.1 Å². The molecule has 2 aromatic carbocycles. The number of likely N-dealkylation sites (N-methyl/N-ethyl adjacent to an activating group) is 1. The lowest BCUT2D eigenvalue weighted by atomic mass is 10.1. The van der Waals surface area contributed by atoms with E-state index in [-0.39, 0.29) is 23.3 Å². The van der Waals surface area contributed by atoms with Gasteiger partial charge in [0, 0.05) is 31.1 Å². The molecular formula is C23H28N4O4. The minimum absolute atomic E-state index is 0.0653. The summed E-state index contributed by atoms with van der Waals surface area (Å²) in [5.74, 6) is 0.510. The van der Waals surface area contributed by atoms with E-state index in [9.17, 15) is 9.90 Å². The molecule has 1 amide bonds. The average molecular weight is 425 g/mol. The van der Waals surface area contributed by atoms with Crippen molar-refractivity contribution in [3.8, 4) is 11.5 Å². The van der Waals surface area contributed by atoms with Crippen LogP contribution in [-0.2, 0) is 24.4 Å². The molecule has 8 nitrogen and oxygen atoms in total. The molecule has 0 unspecified atom stereocenters. The fraction of sp³-hybridized carbons (Fsp3) is 0.391. The molecule has 1 aliphatic heterocycles. The summed E-state index contributed by atoms with van der Waals surface area (Å²) in [4.78, 5) is 15.0. The highest BCUT2D eigenvalue weighted by Crippen LogP contribution is 2.32. The smallest absolute Gasteiger partial charge is 0.258 e. The zero-order chi connectivity index (χ0) is 22.0. The largest absolute Gasteiger partial charge is 0.507 e. The molecule has 0 spiro atoms. The van der Waals surface area contributed by atoms with E-state index < -0.39 is 0 Å². The van der Waals surface area contributed by atoms with Crippen LogP contribution in [0.25, 0.3) is 10.9 Å². The molecule has 0 saturated carbocycles. The number of carbonyl (C=O) groups is 1. The summed E-state index contributed by atoms with van der Waals surface area (Å²) in [6, 6.07) is 9.16. The first kappa shape index (κ1) is 21.1. The average Bonchev–Trinajstić information content (AvgIpc) is 3.34. The maximum absolute atomic E-state index is 13.2. The summed E-state index contributed by atoms with van der Waals surface area (Å²) >= 11 is 0. The van der Waals surface area contributed by atoms with Gasteiger partial charge in [-0.15, -0.1) is 0 Å². The van der Waals surface area contributed by atoms with Gasteiger partial charge in [0.05, 0.1) is 29.5 Å². The molecule has 0 bridgehead atoms. The van der Waals surface area contributed by atoms with Gasteiger partial charge in [-0.2, -0.15) is 5.10 Å². The van der Waals surface area contributed by atoms with E-state index in [1.165, 1.54) is 0 Å². The van der Waals surface area contributed by atoms with Crippen LogP contribution in [0.4, 0.5) is 0 Å². The molecular weight excluding hydrogens is 396 g/mol. The number of hydrogen-bond donors (Lipinski definition) is 3. The molecule has 0 radical (unpaired) electrons. The highest BCUT2D eigenvalue weighted by molar-refractivity contribution is 6.01. The highest BCUT2D eigenvalue weighted by Gasteiger charge is 2.27. The van der Waals surface area contributed by atoms with Gasteiger partial charge in [-0.05, 0) is 50.2 Å². The lowest BCUT2D eigenvalue weighted by molar-refractivity contribution is 0.0642. The van der Waals surface area contributed by atoms with Gasteiger partial charge < -0.3 is 24.8 Å². The second-order valence-corrected chi connectivity index (χ2v) is 7.99. The monoisotopic (exact) mass is 424 g/mol. The normalized spacial score (nSPS) is 13.2. The molecule has 0 atom stereocenters. The number of phenols is 1. The lowest BCUT2D eigenvalue weighted by Gasteiger charge is -2.16. The fourth-order valence-electron chi connectivity index (χ4n) is 3.68. The Balaban J connectivity index is 1.53. The van der Waals surface area contributed by atoms with Crippen LogP contribution in [0.1, 0.15) is 41.0 Å². The van der Waals surface area contributed by atoms with Gasteiger partial charge in [0.2, 0.25) is 0 Å². The van der Waals surface area contributed by atoms with Gasteiger partial charge >= 0.3 is 0 Å². The predicted octanol–water partition coefficient (Wildman–Crippen LogP) is 2.95. The Morgan fingerprint density at radius 2 is 2.06 bits per heavy atom. The van der Waals surface area contributed by atoms with Crippen molar-refractivity contribution < 1.29 is 19.4 Å². The van der Waals surface area contributed by atoms with Crippen molar-refractivity contribution in [2.45, 2.75) is 39.6 Å². The lowest BCUT2D eigenvalue weighted by Crippen LogP contribution is -2.25. The number of aromatic amines is 1. The second-order valence-electron chi connectivity index (χ2n) is 7.99. The third-order valence-electron chi connectivity index (χ3n) is 5.35. The van der Waals surface area contributed by atoms with Crippen molar-refractivity contribution >= 4 is 16.8 Å². The fourth-order valence-corrected chi connectivity index (χ4v) is 3.68. The van der Waals surface area contributed by atoms with E-state index in [0.29, 0.717) is 37.5 Å². The van der Waals surface area contributed by atoms with Crippen LogP contribution in [0.15, 0.2) is 30.3 Å². The molecule has 3 aromatic rings. The molecule has 4 rings (SSSR count). The van der Waals surface area contributed by atoms with Crippen molar-refractivity contribution in [1.82, 2.24) is 20.4 Å².